The van der Waals surface area contributed by atoms with Crippen molar-refractivity contribution >= 4 is 11.9 Å². The summed E-state index contributed by atoms with van der Waals surface area (Å²) in [6.45, 7) is -0.412. The van der Waals surface area contributed by atoms with Crippen LogP contribution in [0.5, 0.6) is 5.75 Å². The lowest BCUT2D eigenvalue weighted by atomic mass is 9.91. The van der Waals surface area contributed by atoms with Crippen molar-refractivity contribution in [3.63, 3.8) is 0 Å². The molecule has 7 heteroatoms. The molecule has 0 aliphatic carbocycles. The Balaban J connectivity index is 1.31. The summed E-state index contributed by atoms with van der Waals surface area (Å²) in [6, 6.07) is 25.3. The van der Waals surface area contributed by atoms with Gasteiger partial charge in [-0.05, 0) is 47.4 Å². The summed E-state index contributed by atoms with van der Waals surface area (Å²) in [6.07, 6.45) is 1.84. The van der Waals surface area contributed by atoms with Crippen molar-refractivity contribution in [2.75, 3.05) is 6.61 Å². The molecule has 5 rings (SSSR count). The lowest BCUT2D eigenvalue weighted by Crippen LogP contribution is -2.12. The molecule has 1 aromatic heterocycles. The Hall–Kier alpha value is -4.39. The summed E-state index contributed by atoms with van der Waals surface area (Å²) in [5.41, 5.74) is 4.55. The molecule has 0 radical (unpaired) electrons. The molecule has 176 valence electrons. The van der Waals surface area contributed by atoms with E-state index in [0.717, 1.165) is 22.3 Å². The highest BCUT2D eigenvalue weighted by Crippen LogP contribution is 2.38. The van der Waals surface area contributed by atoms with Gasteiger partial charge in [0.25, 0.3) is 0 Å². The normalized spacial score (nSPS) is 17.2. The van der Waals surface area contributed by atoms with Crippen molar-refractivity contribution in [2.45, 2.75) is 18.9 Å². The van der Waals surface area contributed by atoms with Crippen LogP contribution < -0.4 is 4.74 Å². The van der Waals surface area contributed by atoms with Crippen LogP contribution in [0.15, 0.2) is 89.5 Å². The number of carboxylic acids is 1. The van der Waals surface area contributed by atoms with Crippen LogP contribution in [0.2, 0.25) is 0 Å². The van der Waals surface area contributed by atoms with E-state index in [1.165, 1.54) is 0 Å². The van der Waals surface area contributed by atoms with E-state index >= 15 is 0 Å². The largest absolute Gasteiger partial charge is 0.482 e. The van der Waals surface area contributed by atoms with Crippen LogP contribution in [0.4, 0.5) is 0 Å². The van der Waals surface area contributed by atoms with Crippen molar-refractivity contribution in [2.24, 2.45) is 5.92 Å². The number of rotatable bonds is 8. The van der Waals surface area contributed by atoms with Crippen LogP contribution in [0.3, 0.4) is 0 Å². The number of aliphatic carboxylic acids is 1. The molecule has 0 saturated carbocycles. The van der Waals surface area contributed by atoms with E-state index in [2.05, 4.69) is 17.1 Å². The van der Waals surface area contributed by atoms with Crippen LogP contribution in [0.1, 0.15) is 23.8 Å². The number of nitrogens with zero attached hydrogens (tertiary/aromatic N) is 1. The van der Waals surface area contributed by atoms with Crippen LogP contribution >= 0.6 is 0 Å². The fourth-order valence-electron chi connectivity index (χ4n) is 4.28. The smallest absolute Gasteiger partial charge is 0.341 e. The molecule has 0 bridgehead atoms. The molecule has 2 unspecified atom stereocenters. The van der Waals surface area contributed by atoms with E-state index in [1.807, 2.05) is 48.5 Å². The second kappa shape index (κ2) is 9.85. The Kier molecular flexibility index (Phi) is 6.30. The van der Waals surface area contributed by atoms with Crippen molar-refractivity contribution < 1.29 is 28.6 Å². The predicted octanol–water partition coefficient (Wildman–Crippen LogP) is 5.32. The maximum absolute atomic E-state index is 12.2. The number of hydrogen-bond acceptors (Lipinski definition) is 6. The minimum absolute atomic E-state index is 0.129. The number of hydrogen-bond donors (Lipinski definition) is 1. The maximum Gasteiger partial charge on any atom is 0.341 e. The highest BCUT2D eigenvalue weighted by atomic mass is 16.6. The van der Waals surface area contributed by atoms with Gasteiger partial charge in [-0.25, -0.2) is 9.78 Å². The molecule has 7 nitrogen and oxygen atoms in total. The van der Waals surface area contributed by atoms with Crippen molar-refractivity contribution in [1.82, 2.24) is 4.98 Å². The van der Waals surface area contributed by atoms with E-state index in [1.54, 1.807) is 24.5 Å². The predicted molar refractivity (Wildman–Crippen MR) is 128 cm³/mol. The molecule has 1 fully saturated rings. The second-order valence-electron chi connectivity index (χ2n) is 8.43. The first-order valence-electron chi connectivity index (χ1n) is 11.3. The van der Waals surface area contributed by atoms with Gasteiger partial charge in [0.15, 0.2) is 12.7 Å². The van der Waals surface area contributed by atoms with Gasteiger partial charge in [-0.1, -0.05) is 54.6 Å². The Bertz CT molecular complexity index is 1330. The summed E-state index contributed by atoms with van der Waals surface area (Å²) >= 11 is 0. The van der Waals surface area contributed by atoms with Gasteiger partial charge < -0.3 is 19.0 Å². The SMILES string of the molecule is O=C(O)COc1cccc(CC2CC(=O)OC2c2coc(-c3ccc(-c4ccccc4)cc3)n2)c1. The summed E-state index contributed by atoms with van der Waals surface area (Å²) in [4.78, 5) is 27.5. The van der Waals surface area contributed by atoms with E-state index in [9.17, 15) is 9.59 Å². The number of cyclic esters (lactones) is 1. The first-order chi connectivity index (χ1) is 17.0. The lowest BCUT2D eigenvalue weighted by Gasteiger charge is -2.15. The molecule has 0 amide bonds. The van der Waals surface area contributed by atoms with Crippen LogP contribution in [-0.4, -0.2) is 28.6 Å². The Morgan fingerprint density at radius 3 is 2.49 bits per heavy atom. The van der Waals surface area contributed by atoms with Crippen LogP contribution in [-0.2, 0) is 20.7 Å². The molecular formula is C28H23NO6. The molecule has 2 heterocycles. The minimum atomic E-state index is -1.04. The molecule has 1 N–H and O–H groups in total. The molecular weight excluding hydrogens is 446 g/mol. The fourth-order valence-corrected chi connectivity index (χ4v) is 4.28. The summed E-state index contributed by atoms with van der Waals surface area (Å²) in [5.74, 6) is -0.521. The van der Waals surface area contributed by atoms with Gasteiger partial charge in [-0.15, -0.1) is 0 Å². The minimum Gasteiger partial charge on any atom is -0.482 e. The third-order valence-corrected chi connectivity index (χ3v) is 5.93. The highest BCUT2D eigenvalue weighted by Gasteiger charge is 2.38. The number of ether oxygens (including phenoxy) is 2. The Labute approximate surface area is 202 Å². The van der Waals surface area contributed by atoms with Crippen LogP contribution in [0.25, 0.3) is 22.6 Å². The van der Waals surface area contributed by atoms with E-state index < -0.39 is 18.7 Å². The average Bonchev–Trinajstić information content (AvgIpc) is 3.50. The quantitative estimate of drug-likeness (QED) is 0.349. The van der Waals surface area contributed by atoms with Gasteiger partial charge in [-0.2, -0.15) is 0 Å². The molecule has 35 heavy (non-hydrogen) atoms. The Morgan fingerprint density at radius 1 is 0.971 bits per heavy atom. The number of benzene rings is 3. The number of carbonyl (C=O) groups excluding carboxylic acids is 1. The second-order valence-corrected chi connectivity index (χ2v) is 8.43. The lowest BCUT2D eigenvalue weighted by molar-refractivity contribution is -0.142. The Morgan fingerprint density at radius 2 is 1.71 bits per heavy atom. The first-order valence-corrected chi connectivity index (χ1v) is 11.3. The molecule has 1 aliphatic heterocycles. The zero-order valence-electron chi connectivity index (χ0n) is 18.8. The average molecular weight is 469 g/mol. The molecule has 1 saturated heterocycles. The third kappa shape index (κ3) is 5.24. The zero-order chi connectivity index (χ0) is 24.2. The number of esters is 1. The number of carboxylic acid groups (broad SMARTS) is 1. The fraction of sp³-hybridized carbons (Fsp3) is 0.179. The van der Waals surface area contributed by atoms with Crippen molar-refractivity contribution in [3.8, 4) is 28.3 Å². The van der Waals surface area contributed by atoms with Crippen LogP contribution in [0, 0.1) is 5.92 Å². The zero-order valence-corrected chi connectivity index (χ0v) is 18.8. The number of aromatic nitrogens is 1. The van der Waals surface area contributed by atoms with Gasteiger partial charge in [0, 0.05) is 11.5 Å². The monoisotopic (exact) mass is 469 g/mol. The maximum atomic E-state index is 12.2. The van der Waals surface area contributed by atoms with Gasteiger partial charge in [-0.3, -0.25) is 4.79 Å². The molecule has 4 aromatic rings. The first kappa shape index (κ1) is 22.4. The molecule has 0 spiro atoms. The molecule has 2 atom stereocenters. The third-order valence-electron chi connectivity index (χ3n) is 5.93. The highest BCUT2D eigenvalue weighted by molar-refractivity contribution is 5.72. The van der Waals surface area contributed by atoms with Gasteiger partial charge >= 0.3 is 11.9 Å². The van der Waals surface area contributed by atoms with E-state index in [-0.39, 0.29) is 18.3 Å². The van der Waals surface area contributed by atoms with Gasteiger partial charge in [0.1, 0.15) is 17.7 Å². The van der Waals surface area contributed by atoms with Crippen molar-refractivity contribution in [3.05, 3.63) is 96.4 Å². The van der Waals surface area contributed by atoms with E-state index in [4.69, 9.17) is 19.0 Å². The summed E-state index contributed by atoms with van der Waals surface area (Å²) in [7, 11) is 0. The summed E-state index contributed by atoms with van der Waals surface area (Å²) < 4.78 is 16.6. The standard InChI is InChI=1S/C28H23NO6/c30-25(31)17-33-23-8-4-5-18(14-23)13-22-15-26(32)35-27(22)24-16-34-28(29-24)21-11-9-20(10-12-21)19-6-2-1-3-7-19/h1-12,14,16,22,27H,13,15,17H2,(H,30,31). The van der Waals surface area contributed by atoms with Gasteiger partial charge in [0.2, 0.25) is 5.89 Å². The topological polar surface area (TPSA) is 98.9 Å². The van der Waals surface area contributed by atoms with E-state index in [0.29, 0.717) is 23.8 Å². The number of oxazole rings is 1. The van der Waals surface area contributed by atoms with Crippen molar-refractivity contribution in [1.29, 1.82) is 0 Å². The number of carbonyl (C=O) groups is 2. The summed E-state index contributed by atoms with van der Waals surface area (Å²) in [5, 5.41) is 8.82. The molecule has 1 aliphatic rings. The molecule has 3 aromatic carbocycles. The van der Waals surface area contributed by atoms with Gasteiger partial charge in [0.05, 0.1) is 6.42 Å².